The van der Waals surface area contributed by atoms with Crippen LogP contribution in [0.3, 0.4) is 0 Å². The van der Waals surface area contributed by atoms with Gasteiger partial charge >= 0.3 is 0 Å². The molecule has 0 saturated heterocycles. The van der Waals surface area contributed by atoms with Gasteiger partial charge < -0.3 is 15.8 Å². The van der Waals surface area contributed by atoms with Crippen LogP contribution in [0.5, 0.6) is 11.6 Å². The SMILES string of the molecule is NC(=O)c1ccc(CNc2ccccc2Oc2ncc(Cl)cc2Cl)c([N+](=O)[O-])c1. The van der Waals surface area contributed by atoms with E-state index in [1.807, 2.05) is 0 Å². The number of primary amides is 1. The van der Waals surface area contributed by atoms with Crippen molar-refractivity contribution >= 4 is 40.5 Å². The summed E-state index contributed by atoms with van der Waals surface area (Å²) < 4.78 is 5.75. The van der Waals surface area contributed by atoms with Crippen LogP contribution in [-0.4, -0.2) is 15.8 Å². The second-order valence-electron chi connectivity index (χ2n) is 5.86. The number of halogens is 2. The highest BCUT2D eigenvalue weighted by Crippen LogP contribution is 2.33. The van der Waals surface area contributed by atoms with E-state index in [0.29, 0.717) is 22.0 Å². The number of hydrogen-bond donors (Lipinski definition) is 2. The van der Waals surface area contributed by atoms with Gasteiger partial charge in [-0.25, -0.2) is 4.98 Å². The molecular formula is C19H14Cl2N4O4. The molecule has 29 heavy (non-hydrogen) atoms. The van der Waals surface area contributed by atoms with Crippen LogP contribution in [0.2, 0.25) is 10.0 Å². The largest absolute Gasteiger partial charge is 0.435 e. The number of carbonyl (C=O) groups excluding carboxylic acids is 1. The Morgan fingerprint density at radius 2 is 1.97 bits per heavy atom. The molecule has 0 unspecified atom stereocenters. The first kappa shape index (κ1) is 20.4. The average molecular weight is 433 g/mol. The lowest BCUT2D eigenvalue weighted by Crippen LogP contribution is -2.12. The van der Waals surface area contributed by atoms with Crippen LogP contribution < -0.4 is 15.8 Å². The molecule has 8 nitrogen and oxygen atoms in total. The van der Waals surface area contributed by atoms with Crippen molar-refractivity contribution in [3.05, 3.63) is 86.0 Å². The van der Waals surface area contributed by atoms with E-state index in [9.17, 15) is 14.9 Å². The van der Waals surface area contributed by atoms with Gasteiger partial charge in [-0.2, -0.15) is 0 Å². The molecule has 3 rings (SSSR count). The number of nitrogens with two attached hydrogens (primary N) is 1. The quantitative estimate of drug-likeness (QED) is 0.408. The van der Waals surface area contributed by atoms with E-state index in [-0.39, 0.29) is 28.7 Å². The summed E-state index contributed by atoms with van der Waals surface area (Å²) in [6, 6.07) is 12.5. The van der Waals surface area contributed by atoms with Gasteiger partial charge in [0.1, 0.15) is 5.02 Å². The zero-order valence-corrected chi connectivity index (χ0v) is 16.3. The van der Waals surface area contributed by atoms with Gasteiger partial charge in [-0.05, 0) is 30.3 Å². The van der Waals surface area contributed by atoms with Gasteiger partial charge in [-0.3, -0.25) is 14.9 Å². The number of hydrogen-bond acceptors (Lipinski definition) is 6. The van der Waals surface area contributed by atoms with Gasteiger partial charge in [0.15, 0.2) is 5.75 Å². The zero-order valence-electron chi connectivity index (χ0n) is 14.8. The molecule has 10 heteroatoms. The third kappa shape index (κ3) is 4.92. The summed E-state index contributed by atoms with van der Waals surface area (Å²) in [4.78, 5) is 26.1. The molecule has 3 N–H and O–H groups in total. The molecule has 148 valence electrons. The minimum absolute atomic E-state index is 0.0626. The van der Waals surface area contributed by atoms with Crippen LogP contribution in [0.15, 0.2) is 54.7 Å². The second kappa shape index (κ2) is 8.76. The fraction of sp³-hybridized carbons (Fsp3) is 0.0526. The number of rotatable bonds is 7. The van der Waals surface area contributed by atoms with Gasteiger partial charge in [0.25, 0.3) is 5.69 Å². The van der Waals surface area contributed by atoms with Crippen molar-refractivity contribution in [3.63, 3.8) is 0 Å². The van der Waals surface area contributed by atoms with Crippen LogP contribution in [0.4, 0.5) is 11.4 Å². The number of amides is 1. The van der Waals surface area contributed by atoms with Gasteiger partial charge in [0.05, 0.1) is 15.6 Å². The van der Waals surface area contributed by atoms with Crippen molar-refractivity contribution in [1.82, 2.24) is 4.98 Å². The maximum absolute atomic E-state index is 11.3. The highest BCUT2D eigenvalue weighted by Gasteiger charge is 2.17. The number of nitro groups is 1. The molecule has 0 radical (unpaired) electrons. The minimum Gasteiger partial charge on any atom is -0.435 e. The summed E-state index contributed by atoms with van der Waals surface area (Å²) in [5, 5.41) is 15.0. The normalized spacial score (nSPS) is 10.4. The summed E-state index contributed by atoms with van der Waals surface area (Å²) in [5.74, 6) is -0.151. The number of carbonyl (C=O) groups is 1. The number of ether oxygens (including phenoxy) is 1. The minimum atomic E-state index is -0.737. The van der Waals surface area contributed by atoms with Crippen molar-refractivity contribution in [1.29, 1.82) is 0 Å². The highest BCUT2D eigenvalue weighted by atomic mass is 35.5. The van der Waals surface area contributed by atoms with Crippen molar-refractivity contribution < 1.29 is 14.5 Å². The van der Waals surface area contributed by atoms with E-state index in [4.69, 9.17) is 33.7 Å². The maximum atomic E-state index is 11.3. The molecule has 0 spiro atoms. The first-order chi connectivity index (χ1) is 13.8. The maximum Gasteiger partial charge on any atom is 0.275 e. The van der Waals surface area contributed by atoms with Crippen molar-refractivity contribution in [2.45, 2.75) is 6.54 Å². The number of nitro benzene ring substituents is 1. The summed E-state index contributed by atoms with van der Waals surface area (Å²) in [6.45, 7) is 0.109. The standard InChI is InChI=1S/C19H14Cl2N4O4/c20-13-8-14(21)19(24-10-13)29-17-4-2-1-3-15(17)23-9-12-6-5-11(18(22)26)7-16(12)25(27)28/h1-8,10,23H,9H2,(H2,22,26). The van der Waals surface area contributed by atoms with Crippen molar-refractivity contribution in [2.75, 3.05) is 5.32 Å². The van der Waals surface area contributed by atoms with Gasteiger partial charge in [-0.15, -0.1) is 0 Å². The Hall–Kier alpha value is -3.36. The van der Waals surface area contributed by atoms with E-state index in [2.05, 4.69) is 10.3 Å². The van der Waals surface area contributed by atoms with Crippen LogP contribution >= 0.6 is 23.2 Å². The fourth-order valence-corrected chi connectivity index (χ4v) is 2.93. The summed E-state index contributed by atoms with van der Waals surface area (Å²) in [7, 11) is 0. The van der Waals surface area contributed by atoms with E-state index in [1.54, 1.807) is 24.3 Å². The molecule has 1 amide bonds. The number of para-hydroxylation sites is 2. The third-order valence-electron chi connectivity index (χ3n) is 3.90. The molecule has 0 aliphatic carbocycles. The van der Waals surface area contributed by atoms with Crippen LogP contribution in [-0.2, 0) is 6.54 Å². The topological polar surface area (TPSA) is 120 Å². The van der Waals surface area contributed by atoms with Crippen LogP contribution in [0.1, 0.15) is 15.9 Å². The number of aromatic nitrogens is 1. The monoisotopic (exact) mass is 432 g/mol. The Morgan fingerprint density at radius 3 is 2.66 bits per heavy atom. The molecule has 0 aliphatic rings. The van der Waals surface area contributed by atoms with Crippen LogP contribution in [0, 0.1) is 10.1 Å². The van der Waals surface area contributed by atoms with E-state index < -0.39 is 10.8 Å². The molecule has 0 bridgehead atoms. The number of benzene rings is 2. The predicted molar refractivity (Wildman–Crippen MR) is 110 cm³/mol. The molecule has 1 aromatic heterocycles. The summed E-state index contributed by atoms with van der Waals surface area (Å²) >= 11 is 11.9. The lowest BCUT2D eigenvalue weighted by Gasteiger charge is -2.13. The first-order valence-electron chi connectivity index (χ1n) is 8.24. The van der Waals surface area contributed by atoms with Crippen LogP contribution in [0.25, 0.3) is 0 Å². The predicted octanol–water partition coefficient (Wildman–Crippen LogP) is 4.80. The van der Waals surface area contributed by atoms with Crippen molar-refractivity contribution in [2.24, 2.45) is 5.73 Å². The number of pyridine rings is 1. The van der Waals surface area contributed by atoms with E-state index in [1.165, 1.54) is 24.4 Å². The van der Waals surface area contributed by atoms with E-state index in [0.717, 1.165) is 6.07 Å². The first-order valence-corrected chi connectivity index (χ1v) is 8.99. The van der Waals surface area contributed by atoms with Gasteiger partial charge in [-0.1, -0.05) is 35.3 Å². The molecule has 3 aromatic rings. The lowest BCUT2D eigenvalue weighted by molar-refractivity contribution is -0.385. The zero-order chi connectivity index (χ0) is 21.0. The molecule has 0 atom stereocenters. The van der Waals surface area contributed by atoms with Crippen molar-refractivity contribution in [3.8, 4) is 11.6 Å². The van der Waals surface area contributed by atoms with Gasteiger partial charge in [0, 0.05) is 29.9 Å². The molecular weight excluding hydrogens is 419 g/mol. The highest BCUT2D eigenvalue weighted by molar-refractivity contribution is 6.35. The Morgan fingerprint density at radius 1 is 1.21 bits per heavy atom. The molecule has 2 aromatic carbocycles. The Labute approximate surface area is 175 Å². The smallest absolute Gasteiger partial charge is 0.275 e. The average Bonchev–Trinajstić information content (AvgIpc) is 2.69. The summed E-state index contributed by atoms with van der Waals surface area (Å²) in [5.41, 5.74) is 5.98. The molecule has 0 aliphatic heterocycles. The number of nitrogens with one attached hydrogen (secondary N) is 1. The second-order valence-corrected chi connectivity index (χ2v) is 6.70. The number of anilines is 1. The van der Waals surface area contributed by atoms with Gasteiger partial charge in [0.2, 0.25) is 11.8 Å². The number of nitrogens with zero attached hydrogens (tertiary/aromatic N) is 2. The van der Waals surface area contributed by atoms with E-state index >= 15 is 0 Å². The molecule has 1 heterocycles. The fourth-order valence-electron chi connectivity index (χ4n) is 2.51. The Balaban J connectivity index is 1.83. The Bertz CT molecular complexity index is 1090. The third-order valence-corrected chi connectivity index (χ3v) is 4.38. The lowest BCUT2D eigenvalue weighted by atomic mass is 10.1. The molecule has 0 fully saturated rings. The Kier molecular flexibility index (Phi) is 6.16. The molecule has 0 saturated carbocycles. The summed E-state index contributed by atoms with van der Waals surface area (Å²) in [6.07, 6.45) is 1.41.